The molecule has 16 heavy (non-hydrogen) atoms. The van der Waals surface area contributed by atoms with Crippen molar-refractivity contribution in [3.63, 3.8) is 0 Å². The first-order chi connectivity index (χ1) is 7.69. The molecule has 0 unspecified atom stereocenters. The summed E-state index contributed by atoms with van der Waals surface area (Å²) in [6.07, 6.45) is 3.95. The van der Waals surface area contributed by atoms with Crippen LogP contribution in [0.3, 0.4) is 0 Å². The largest absolute Gasteiger partial charge is 0.490 e. The van der Waals surface area contributed by atoms with Gasteiger partial charge in [-0.25, -0.2) is 4.98 Å². The molecular formula is C11H14Cl2N2O. The number of hydrogen-bond acceptors (Lipinski definition) is 3. The van der Waals surface area contributed by atoms with Crippen molar-refractivity contribution in [2.45, 2.75) is 24.3 Å². The molecule has 1 aliphatic rings. The zero-order valence-corrected chi connectivity index (χ0v) is 10.6. The minimum Gasteiger partial charge on any atom is -0.490 e. The summed E-state index contributed by atoms with van der Waals surface area (Å²) in [7, 11) is 1.96. The van der Waals surface area contributed by atoms with E-state index in [1.54, 1.807) is 6.20 Å². The Hall–Kier alpha value is -0.510. The smallest absolute Gasteiger partial charge is 0.138 e. The predicted octanol–water partition coefficient (Wildman–Crippen LogP) is 2.60. The van der Waals surface area contributed by atoms with E-state index in [9.17, 15) is 0 Å². The Morgan fingerprint density at radius 2 is 2.31 bits per heavy atom. The van der Waals surface area contributed by atoms with E-state index in [0.717, 1.165) is 24.2 Å². The van der Waals surface area contributed by atoms with E-state index in [-0.39, 0.29) is 5.54 Å². The summed E-state index contributed by atoms with van der Waals surface area (Å²) >= 11 is 11.6. The van der Waals surface area contributed by atoms with Crippen molar-refractivity contribution in [2.75, 3.05) is 13.7 Å². The van der Waals surface area contributed by atoms with E-state index in [0.29, 0.717) is 17.6 Å². The summed E-state index contributed by atoms with van der Waals surface area (Å²) in [6.45, 7) is 0.661. The lowest BCUT2D eigenvalue weighted by Crippen LogP contribution is -2.33. The molecular weight excluding hydrogens is 247 g/mol. The van der Waals surface area contributed by atoms with Crippen LogP contribution in [-0.2, 0) is 5.88 Å². The fourth-order valence-electron chi connectivity index (χ4n) is 1.48. The van der Waals surface area contributed by atoms with Crippen LogP contribution in [0.1, 0.15) is 18.4 Å². The van der Waals surface area contributed by atoms with Gasteiger partial charge in [-0.05, 0) is 26.0 Å². The van der Waals surface area contributed by atoms with E-state index in [2.05, 4.69) is 10.3 Å². The third kappa shape index (κ3) is 2.59. The van der Waals surface area contributed by atoms with Crippen LogP contribution >= 0.6 is 23.2 Å². The molecule has 1 N–H and O–H groups in total. The molecule has 0 radical (unpaired) electrons. The van der Waals surface area contributed by atoms with Crippen LogP contribution in [0.25, 0.3) is 0 Å². The van der Waals surface area contributed by atoms with Gasteiger partial charge in [-0.2, -0.15) is 0 Å². The molecule has 1 heterocycles. The first-order valence-corrected chi connectivity index (χ1v) is 6.12. The molecule has 0 aliphatic heterocycles. The number of nitrogens with one attached hydrogen (secondary N) is 1. The number of hydrogen-bond donors (Lipinski definition) is 1. The standard InChI is InChI=1S/C11H14Cl2N2O/c1-14-11(2-3-11)7-16-9-4-8(5-12)10(13)15-6-9/h4,6,14H,2-3,5,7H2,1H3. The number of nitrogens with zero attached hydrogens (tertiary/aromatic N) is 1. The first-order valence-electron chi connectivity index (χ1n) is 5.21. The Morgan fingerprint density at radius 1 is 1.56 bits per heavy atom. The SMILES string of the molecule is CNC1(COc2cnc(Cl)c(CCl)c2)CC1. The molecule has 1 fully saturated rings. The van der Waals surface area contributed by atoms with Gasteiger partial charge in [0.1, 0.15) is 17.5 Å². The van der Waals surface area contributed by atoms with Crippen LogP contribution in [0, 0.1) is 0 Å². The highest BCUT2D eigenvalue weighted by molar-refractivity contribution is 6.31. The Morgan fingerprint density at radius 3 is 2.88 bits per heavy atom. The summed E-state index contributed by atoms with van der Waals surface area (Å²) in [5.41, 5.74) is 0.968. The average Bonchev–Trinajstić information content (AvgIpc) is 3.09. The molecule has 5 heteroatoms. The molecule has 88 valence electrons. The van der Waals surface area contributed by atoms with Crippen molar-refractivity contribution in [1.82, 2.24) is 10.3 Å². The quantitative estimate of drug-likeness (QED) is 0.653. The third-order valence-electron chi connectivity index (χ3n) is 2.93. The van der Waals surface area contributed by atoms with Gasteiger partial charge in [-0.3, -0.25) is 0 Å². The zero-order valence-electron chi connectivity index (χ0n) is 9.09. The number of aromatic nitrogens is 1. The topological polar surface area (TPSA) is 34.1 Å². The Balaban J connectivity index is 1.99. The van der Waals surface area contributed by atoms with Crippen LogP contribution < -0.4 is 10.1 Å². The van der Waals surface area contributed by atoms with Crippen molar-refractivity contribution < 1.29 is 4.74 Å². The van der Waals surface area contributed by atoms with Gasteiger partial charge in [0, 0.05) is 5.56 Å². The Kier molecular flexibility index (Phi) is 3.57. The fourth-order valence-corrected chi connectivity index (χ4v) is 1.93. The van der Waals surface area contributed by atoms with Gasteiger partial charge >= 0.3 is 0 Å². The number of likely N-dealkylation sites (N-methyl/N-ethyl adjacent to an activating group) is 1. The molecule has 1 aromatic heterocycles. The van der Waals surface area contributed by atoms with Gasteiger partial charge in [-0.15, -0.1) is 11.6 Å². The van der Waals surface area contributed by atoms with E-state index in [1.807, 2.05) is 13.1 Å². The van der Waals surface area contributed by atoms with Gasteiger partial charge < -0.3 is 10.1 Å². The lowest BCUT2D eigenvalue weighted by Gasteiger charge is -2.15. The summed E-state index contributed by atoms with van der Waals surface area (Å²) in [4.78, 5) is 4.03. The predicted molar refractivity (Wildman–Crippen MR) is 65.3 cm³/mol. The summed E-state index contributed by atoms with van der Waals surface area (Å²) in [5.74, 6) is 1.07. The molecule has 1 aromatic rings. The second kappa shape index (κ2) is 4.78. The van der Waals surface area contributed by atoms with E-state index >= 15 is 0 Å². The maximum Gasteiger partial charge on any atom is 0.138 e. The maximum absolute atomic E-state index is 5.86. The maximum atomic E-state index is 5.86. The zero-order chi connectivity index (χ0) is 11.6. The fraction of sp³-hybridized carbons (Fsp3) is 0.545. The molecule has 3 nitrogen and oxygen atoms in total. The highest BCUT2D eigenvalue weighted by Gasteiger charge is 2.41. The molecule has 0 spiro atoms. The second-order valence-electron chi connectivity index (χ2n) is 4.07. The number of pyridine rings is 1. The van der Waals surface area contributed by atoms with Crippen molar-refractivity contribution in [3.8, 4) is 5.75 Å². The summed E-state index contributed by atoms with van der Waals surface area (Å²) < 4.78 is 5.68. The van der Waals surface area contributed by atoms with Gasteiger partial charge in [0.25, 0.3) is 0 Å². The Labute approximate surface area is 105 Å². The second-order valence-corrected chi connectivity index (χ2v) is 4.70. The van der Waals surface area contributed by atoms with Gasteiger partial charge in [-0.1, -0.05) is 11.6 Å². The minimum absolute atomic E-state index is 0.167. The van der Waals surface area contributed by atoms with Crippen LogP contribution in [-0.4, -0.2) is 24.2 Å². The monoisotopic (exact) mass is 260 g/mol. The van der Waals surface area contributed by atoms with Crippen molar-refractivity contribution in [2.24, 2.45) is 0 Å². The average molecular weight is 261 g/mol. The van der Waals surface area contributed by atoms with Crippen LogP contribution in [0.2, 0.25) is 5.15 Å². The minimum atomic E-state index is 0.167. The highest BCUT2D eigenvalue weighted by atomic mass is 35.5. The summed E-state index contributed by atoms with van der Waals surface area (Å²) in [6, 6.07) is 1.84. The lowest BCUT2D eigenvalue weighted by atomic mass is 10.3. The van der Waals surface area contributed by atoms with Crippen LogP contribution in [0.15, 0.2) is 12.3 Å². The van der Waals surface area contributed by atoms with E-state index in [4.69, 9.17) is 27.9 Å². The van der Waals surface area contributed by atoms with Gasteiger partial charge in [0.05, 0.1) is 17.6 Å². The van der Waals surface area contributed by atoms with Crippen LogP contribution in [0.4, 0.5) is 0 Å². The molecule has 1 aliphatic carbocycles. The van der Waals surface area contributed by atoms with E-state index < -0.39 is 0 Å². The highest BCUT2D eigenvalue weighted by Crippen LogP contribution is 2.35. The number of rotatable bonds is 5. The van der Waals surface area contributed by atoms with Crippen molar-refractivity contribution >= 4 is 23.2 Å². The molecule has 0 saturated heterocycles. The van der Waals surface area contributed by atoms with Gasteiger partial charge in [0.15, 0.2) is 0 Å². The number of halogens is 2. The molecule has 0 bridgehead atoms. The van der Waals surface area contributed by atoms with E-state index in [1.165, 1.54) is 0 Å². The molecule has 2 rings (SSSR count). The third-order valence-corrected chi connectivity index (χ3v) is 3.56. The molecule has 0 amide bonds. The first kappa shape index (κ1) is 12.0. The van der Waals surface area contributed by atoms with Gasteiger partial charge in [0.2, 0.25) is 0 Å². The van der Waals surface area contributed by atoms with Crippen LogP contribution in [0.5, 0.6) is 5.75 Å². The molecule has 0 atom stereocenters. The number of ether oxygens (including phenoxy) is 1. The lowest BCUT2D eigenvalue weighted by molar-refractivity contribution is 0.258. The summed E-state index contributed by atoms with van der Waals surface area (Å²) in [5, 5.41) is 3.71. The molecule has 1 saturated carbocycles. The molecule has 0 aromatic carbocycles. The number of alkyl halides is 1. The van der Waals surface area contributed by atoms with Crippen molar-refractivity contribution in [1.29, 1.82) is 0 Å². The van der Waals surface area contributed by atoms with Crippen molar-refractivity contribution in [3.05, 3.63) is 23.0 Å². The Bertz CT molecular complexity index is 380. The normalized spacial score (nSPS) is 17.2.